The summed E-state index contributed by atoms with van der Waals surface area (Å²) >= 11 is 0. The summed E-state index contributed by atoms with van der Waals surface area (Å²) in [6.07, 6.45) is 1.62. The van der Waals surface area contributed by atoms with Gasteiger partial charge in [-0.25, -0.2) is 4.99 Å². The Morgan fingerprint density at radius 2 is 1.88 bits per heavy atom. The number of fused-ring (bicyclic) bond motifs is 1. The number of nitrogens with zero attached hydrogens (tertiary/aromatic N) is 2. The molecule has 25 heavy (non-hydrogen) atoms. The van der Waals surface area contributed by atoms with Gasteiger partial charge >= 0.3 is 0 Å². The molecule has 0 spiro atoms. The number of amides is 1. The highest BCUT2D eigenvalue weighted by atomic mass is 16.1. The van der Waals surface area contributed by atoms with E-state index >= 15 is 0 Å². The third-order valence-corrected chi connectivity index (χ3v) is 3.92. The predicted molar refractivity (Wildman–Crippen MR) is 101 cm³/mol. The van der Waals surface area contributed by atoms with Crippen molar-refractivity contribution in [1.29, 1.82) is 0 Å². The molecule has 0 saturated heterocycles. The highest BCUT2D eigenvalue weighted by Crippen LogP contribution is 2.23. The number of carbonyl (C=O) groups is 1. The number of hydrogen-bond donors (Lipinski definition) is 2. The van der Waals surface area contributed by atoms with Crippen LogP contribution in [0.25, 0.3) is 10.9 Å². The van der Waals surface area contributed by atoms with Gasteiger partial charge in [-0.15, -0.1) is 0 Å². The summed E-state index contributed by atoms with van der Waals surface area (Å²) in [6, 6.07) is 16.9. The monoisotopic (exact) mass is 332 g/mol. The molecule has 3 rings (SSSR count). The number of nitrogens with one attached hydrogen (secondary N) is 1. The van der Waals surface area contributed by atoms with E-state index in [-0.39, 0.29) is 11.9 Å². The highest BCUT2D eigenvalue weighted by molar-refractivity contribution is 6.12. The molecule has 0 aliphatic rings. The lowest BCUT2D eigenvalue weighted by atomic mass is 9.99. The molecule has 0 aliphatic carbocycles. The van der Waals surface area contributed by atoms with Crippen LogP contribution in [0.1, 0.15) is 35.7 Å². The van der Waals surface area contributed by atoms with Crippen LogP contribution in [0.2, 0.25) is 0 Å². The second kappa shape index (κ2) is 7.13. The summed E-state index contributed by atoms with van der Waals surface area (Å²) in [4.78, 5) is 21.2. The van der Waals surface area contributed by atoms with Gasteiger partial charge in [-0.3, -0.25) is 15.1 Å². The third kappa shape index (κ3) is 3.83. The topological polar surface area (TPSA) is 80.4 Å². The van der Waals surface area contributed by atoms with Crippen LogP contribution < -0.4 is 11.1 Å². The van der Waals surface area contributed by atoms with Gasteiger partial charge in [-0.1, -0.05) is 38.1 Å². The average Bonchev–Trinajstić information content (AvgIpc) is 2.61. The lowest BCUT2D eigenvalue weighted by Crippen LogP contribution is -2.36. The van der Waals surface area contributed by atoms with Crippen molar-refractivity contribution in [1.82, 2.24) is 10.3 Å². The summed E-state index contributed by atoms with van der Waals surface area (Å²) in [5.74, 6) is 0.122. The smallest absolute Gasteiger partial charge is 0.258 e. The van der Waals surface area contributed by atoms with E-state index in [0.717, 1.165) is 16.5 Å². The molecule has 1 amide bonds. The van der Waals surface area contributed by atoms with E-state index in [1.165, 1.54) is 0 Å². The van der Waals surface area contributed by atoms with Crippen LogP contribution in [-0.2, 0) is 0 Å². The summed E-state index contributed by atoms with van der Waals surface area (Å²) in [7, 11) is 0. The Hall–Kier alpha value is -3.21. The van der Waals surface area contributed by atoms with Gasteiger partial charge in [-0.05, 0) is 41.8 Å². The first-order chi connectivity index (χ1) is 12.0. The molecule has 5 heteroatoms. The Balaban J connectivity index is 1.91. The predicted octanol–water partition coefficient (Wildman–Crippen LogP) is 3.73. The molecule has 0 aliphatic heterocycles. The first-order valence-electron chi connectivity index (χ1n) is 8.14. The van der Waals surface area contributed by atoms with Crippen molar-refractivity contribution in [2.24, 2.45) is 10.7 Å². The fraction of sp³-hybridized carbons (Fsp3) is 0.150. The molecular weight excluding hydrogens is 312 g/mol. The number of nitrogens with two attached hydrogens (primary N) is 1. The molecule has 5 nitrogen and oxygen atoms in total. The van der Waals surface area contributed by atoms with E-state index < -0.39 is 0 Å². The normalized spacial score (nSPS) is 11.7. The average molecular weight is 332 g/mol. The molecule has 3 aromatic rings. The maximum atomic E-state index is 12.6. The lowest BCUT2D eigenvalue weighted by Gasteiger charge is -2.10. The number of para-hydroxylation sites is 1. The molecule has 126 valence electrons. The van der Waals surface area contributed by atoms with Crippen LogP contribution in [0.4, 0.5) is 5.69 Å². The molecule has 1 aromatic heterocycles. The fourth-order valence-electron chi connectivity index (χ4n) is 2.57. The number of aliphatic imine (C=N–C) groups is 1. The van der Waals surface area contributed by atoms with Gasteiger partial charge in [0.05, 0.1) is 16.8 Å². The Bertz CT molecular complexity index is 933. The van der Waals surface area contributed by atoms with Crippen LogP contribution >= 0.6 is 0 Å². The fourth-order valence-corrected chi connectivity index (χ4v) is 2.57. The van der Waals surface area contributed by atoms with Crippen LogP contribution in [0.15, 0.2) is 65.8 Å². The molecule has 0 saturated carbocycles. The zero-order valence-electron chi connectivity index (χ0n) is 14.2. The summed E-state index contributed by atoms with van der Waals surface area (Å²) < 4.78 is 0. The van der Waals surface area contributed by atoms with E-state index in [1.807, 2.05) is 48.5 Å². The first-order valence-corrected chi connectivity index (χ1v) is 8.14. The van der Waals surface area contributed by atoms with Crippen LogP contribution in [0, 0.1) is 0 Å². The van der Waals surface area contributed by atoms with Gasteiger partial charge in [0.2, 0.25) is 5.96 Å². The van der Waals surface area contributed by atoms with E-state index in [1.54, 1.807) is 12.3 Å². The van der Waals surface area contributed by atoms with E-state index in [9.17, 15) is 4.79 Å². The van der Waals surface area contributed by atoms with Crippen LogP contribution in [0.5, 0.6) is 0 Å². The SMILES string of the molecule is CC(C)c1ccc2nccc(C(=O)NC(N)=Nc3ccccc3)c2c1. The minimum atomic E-state index is -0.300. The van der Waals surface area contributed by atoms with Crippen molar-refractivity contribution in [3.05, 3.63) is 71.9 Å². The maximum absolute atomic E-state index is 12.6. The zero-order valence-corrected chi connectivity index (χ0v) is 14.2. The first kappa shape index (κ1) is 16.6. The minimum Gasteiger partial charge on any atom is -0.369 e. The summed E-state index contributed by atoms with van der Waals surface area (Å²) in [6.45, 7) is 4.23. The molecule has 0 atom stereocenters. The Kier molecular flexibility index (Phi) is 4.75. The number of rotatable bonds is 3. The second-order valence-corrected chi connectivity index (χ2v) is 6.08. The van der Waals surface area contributed by atoms with Crippen molar-refractivity contribution in [3.63, 3.8) is 0 Å². The molecule has 1 heterocycles. The zero-order chi connectivity index (χ0) is 17.8. The number of carbonyl (C=O) groups excluding carboxylic acids is 1. The van der Waals surface area contributed by atoms with Gasteiger partial charge < -0.3 is 5.73 Å². The van der Waals surface area contributed by atoms with Gasteiger partial charge in [0.15, 0.2) is 0 Å². The standard InChI is InChI=1S/C20H20N4O/c1-13(2)14-8-9-18-17(12-14)16(10-11-22-18)19(25)24-20(21)23-15-6-4-3-5-7-15/h3-13H,1-2H3,(H3,21,23,24,25). The van der Waals surface area contributed by atoms with Crippen molar-refractivity contribution in [2.45, 2.75) is 19.8 Å². The highest BCUT2D eigenvalue weighted by Gasteiger charge is 2.13. The molecule has 3 N–H and O–H groups in total. The van der Waals surface area contributed by atoms with Crippen molar-refractivity contribution < 1.29 is 4.79 Å². The molecule has 0 fully saturated rings. The number of benzene rings is 2. The number of guanidine groups is 1. The summed E-state index contributed by atoms with van der Waals surface area (Å²) in [5.41, 5.74) is 9.00. The lowest BCUT2D eigenvalue weighted by molar-refractivity contribution is 0.0978. The Morgan fingerprint density at radius 1 is 1.12 bits per heavy atom. The van der Waals surface area contributed by atoms with E-state index in [4.69, 9.17) is 5.73 Å². The van der Waals surface area contributed by atoms with Crippen LogP contribution in [0.3, 0.4) is 0 Å². The van der Waals surface area contributed by atoms with Gasteiger partial charge in [-0.2, -0.15) is 0 Å². The van der Waals surface area contributed by atoms with Gasteiger partial charge in [0.25, 0.3) is 5.91 Å². The Morgan fingerprint density at radius 3 is 2.60 bits per heavy atom. The third-order valence-electron chi connectivity index (χ3n) is 3.92. The quantitative estimate of drug-likeness (QED) is 0.566. The largest absolute Gasteiger partial charge is 0.369 e. The molecule has 0 radical (unpaired) electrons. The van der Waals surface area contributed by atoms with E-state index in [0.29, 0.717) is 17.2 Å². The van der Waals surface area contributed by atoms with Crippen LogP contribution in [-0.4, -0.2) is 16.9 Å². The molecule has 0 bridgehead atoms. The minimum absolute atomic E-state index is 0.0566. The molecular formula is C20H20N4O. The molecule has 0 unspecified atom stereocenters. The van der Waals surface area contributed by atoms with E-state index in [2.05, 4.69) is 29.1 Å². The van der Waals surface area contributed by atoms with Gasteiger partial charge in [0.1, 0.15) is 0 Å². The van der Waals surface area contributed by atoms with Crippen molar-refractivity contribution in [3.8, 4) is 0 Å². The summed E-state index contributed by atoms with van der Waals surface area (Å²) in [5, 5.41) is 3.45. The number of pyridine rings is 1. The number of aromatic nitrogens is 1. The van der Waals surface area contributed by atoms with Crippen molar-refractivity contribution in [2.75, 3.05) is 0 Å². The second-order valence-electron chi connectivity index (χ2n) is 6.08. The number of hydrogen-bond acceptors (Lipinski definition) is 3. The van der Waals surface area contributed by atoms with Crippen molar-refractivity contribution >= 4 is 28.5 Å². The van der Waals surface area contributed by atoms with Gasteiger partial charge in [0, 0.05) is 11.6 Å². The molecule has 2 aromatic carbocycles. The maximum Gasteiger partial charge on any atom is 0.258 e. The Labute approximate surface area is 146 Å².